The van der Waals surface area contributed by atoms with Gasteiger partial charge in [0.05, 0.1) is 22.3 Å². The summed E-state index contributed by atoms with van der Waals surface area (Å²) in [6.45, 7) is 1.97. The van der Waals surface area contributed by atoms with Crippen molar-refractivity contribution in [3.8, 4) is 11.3 Å². The summed E-state index contributed by atoms with van der Waals surface area (Å²) in [5.41, 5.74) is 4.57. The lowest BCUT2D eigenvalue weighted by Gasteiger charge is -1.98. The molecule has 114 valence electrons. The Morgan fingerprint density at radius 2 is 2.00 bits per heavy atom. The summed E-state index contributed by atoms with van der Waals surface area (Å²) in [5.74, 6) is 0.000631. The van der Waals surface area contributed by atoms with Gasteiger partial charge in [-0.05, 0) is 31.2 Å². The van der Waals surface area contributed by atoms with Gasteiger partial charge < -0.3 is 14.1 Å². The molecular weight excluding hydrogens is 292 g/mol. The summed E-state index contributed by atoms with van der Waals surface area (Å²) in [4.78, 5) is 20.1. The topological polar surface area (TPSA) is 72.4 Å². The minimum absolute atomic E-state index is 0.227. The highest BCUT2D eigenvalue weighted by Gasteiger charge is 2.10. The van der Waals surface area contributed by atoms with Crippen LogP contribution in [0.3, 0.4) is 0 Å². The average Bonchev–Trinajstić information content (AvgIpc) is 3.08. The molecule has 0 aliphatic carbocycles. The van der Waals surface area contributed by atoms with E-state index in [1.807, 2.05) is 47.3 Å². The number of fused-ring (bicyclic) bond motifs is 2. The van der Waals surface area contributed by atoms with Crippen LogP contribution in [0.15, 0.2) is 42.7 Å². The molecule has 6 nitrogen and oxygen atoms in total. The molecule has 4 rings (SSSR count). The number of carboxylic acids is 1. The second-order valence-electron chi connectivity index (χ2n) is 5.53. The third kappa shape index (κ3) is 2.07. The van der Waals surface area contributed by atoms with E-state index in [0.717, 1.165) is 28.1 Å². The molecule has 23 heavy (non-hydrogen) atoms. The van der Waals surface area contributed by atoms with Gasteiger partial charge in [0.2, 0.25) is 0 Å². The van der Waals surface area contributed by atoms with E-state index >= 15 is 0 Å². The number of pyridine rings is 1. The quantitative estimate of drug-likeness (QED) is 0.618. The first-order chi connectivity index (χ1) is 11.0. The molecule has 0 bridgehead atoms. The smallest absolute Gasteiger partial charge is 0.335 e. The molecule has 0 saturated carbocycles. The minimum Gasteiger partial charge on any atom is -0.478 e. The van der Waals surface area contributed by atoms with Crippen LogP contribution in [0, 0.1) is 6.92 Å². The molecule has 1 N–H and O–H groups in total. The highest BCUT2D eigenvalue weighted by molar-refractivity contribution is 5.89. The molecule has 0 aliphatic heterocycles. The Labute approximate surface area is 131 Å². The number of hydrogen-bond acceptors (Lipinski definition) is 3. The number of hydrogen-bond donors (Lipinski definition) is 1. The van der Waals surface area contributed by atoms with E-state index in [2.05, 4.69) is 9.97 Å². The maximum atomic E-state index is 11.1. The largest absolute Gasteiger partial charge is 0.478 e. The molecule has 0 aliphatic rings. The van der Waals surface area contributed by atoms with Crippen molar-refractivity contribution in [2.75, 3.05) is 0 Å². The van der Waals surface area contributed by atoms with Gasteiger partial charge in [-0.2, -0.15) is 0 Å². The van der Waals surface area contributed by atoms with Crippen LogP contribution in [0.4, 0.5) is 0 Å². The SMILES string of the molecule is Cc1nc2cc(-c3cn4ccc(C(=O)O)cc4n3)ccc2n1C. The number of carboxylic acid groups (broad SMARTS) is 1. The van der Waals surface area contributed by atoms with Crippen LogP contribution < -0.4 is 0 Å². The summed E-state index contributed by atoms with van der Waals surface area (Å²) in [6.07, 6.45) is 3.59. The molecule has 3 heterocycles. The van der Waals surface area contributed by atoms with Crippen molar-refractivity contribution in [2.45, 2.75) is 6.92 Å². The van der Waals surface area contributed by atoms with Crippen molar-refractivity contribution >= 4 is 22.6 Å². The Balaban J connectivity index is 1.86. The molecule has 4 aromatic rings. The molecular formula is C17H14N4O2. The second kappa shape index (κ2) is 4.67. The molecule has 0 atom stereocenters. The zero-order valence-electron chi connectivity index (χ0n) is 12.7. The van der Waals surface area contributed by atoms with E-state index in [0.29, 0.717) is 5.65 Å². The predicted molar refractivity (Wildman–Crippen MR) is 86.6 cm³/mol. The number of aryl methyl sites for hydroxylation is 2. The van der Waals surface area contributed by atoms with Crippen LogP contribution in [-0.2, 0) is 7.05 Å². The average molecular weight is 306 g/mol. The fourth-order valence-electron chi connectivity index (χ4n) is 2.73. The number of carbonyl (C=O) groups is 1. The van der Waals surface area contributed by atoms with Crippen molar-refractivity contribution in [3.63, 3.8) is 0 Å². The van der Waals surface area contributed by atoms with Gasteiger partial charge in [-0.1, -0.05) is 6.07 Å². The number of aromatic nitrogens is 4. The fraction of sp³-hybridized carbons (Fsp3) is 0.118. The number of rotatable bonds is 2. The summed E-state index contributed by atoms with van der Waals surface area (Å²) < 4.78 is 3.86. The van der Waals surface area contributed by atoms with Crippen LogP contribution in [0.2, 0.25) is 0 Å². The van der Waals surface area contributed by atoms with Crippen molar-refractivity contribution in [3.05, 3.63) is 54.1 Å². The van der Waals surface area contributed by atoms with Crippen LogP contribution in [0.25, 0.3) is 27.9 Å². The molecule has 0 amide bonds. The third-order valence-electron chi connectivity index (χ3n) is 4.11. The van der Waals surface area contributed by atoms with Crippen LogP contribution >= 0.6 is 0 Å². The van der Waals surface area contributed by atoms with E-state index in [-0.39, 0.29) is 5.56 Å². The first kappa shape index (κ1) is 13.5. The van der Waals surface area contributed by atoms with E-state index in [1.54, 1.807) is 18.3 Å². The second-order valence-corrected chi connectivity index (χ2v) is 5.53. The van der Waals surface area contributed by atoms with Crippen molar-refractivity contribution in [1.29, 1.82) is 0 Å². The molecule has 0 fully saturated rings. The van der Waals surface area contributed by atoms with Gasteiger partial charge in [-0.25, -0.2) is 14.8 Å². The van der Waals surface area contributed by atoms with Crippen molar-refractivity contribution in [1.82, 2.24) is 18.9 Å². The van der Waals surface area contributed by atoms with Crippen LogP contribution in [-0.4, -0.2) is 30.0 Å². The van der Waals surface area contributed by atoms with E-state index in [9.17, 15) is 4.79 Å². The first-order valence-corrected chi connectivity index (χ1v) is 7.18. The molecule has 3 aromatic heterocycles. The zero-order chi connectivity index (χ0) is 16.1. The highest BCUT2D eigenvalue weighted by atomic mass is 16.4. The lowest BCUT2D eigenvalue weighted by atomic mass is 10.1. The monoisotopic (exact) mass is 306 g/mol. The van der Waals surface area contributed by atoms with Gasteiger partial charge in [0.25, 0.3) is 0 Å². The summed E-state index contributed by atoms with van der Waals surface area (Å²) in [6, 6.07) is 9.16. The van der Waals surface area contributed by atoms with E-state index < -0.39 is 5.97 Å². The highest BCUT2D eigenvalue weighted by Crippen LogP contribution is 2.24. The van der Waals surface area contributed by atoms with Gasteiger partial charge in [0.1, 0.15) is 11.5 Å². The van der Waals surface area contributed by atoms with Gasteiger partial charge in [-0.3, -0.25) is 0 Å². The Bertz CT molecular complexity index is 1080. The predicted octanol–water partition coefficient (Wildman–Crippen LogP) is 2.89. The molecule has 0 radical (unpaired) electrons. The standard InChI is InChI=1S/C17H14N4O2/c1-10-18-13-7-11(3-4-15(13)20(10)2)14-9-21-6-5-12(17(22)23)8-16(21)19-14/h3-9H,1-2H3,(H,22,23). The molecule has 0 saturated heterocycles. The Morgan fingerprint density at radius 3 is 2.78 bits per heavy atom. The lowest BCUT2D eigenvalue weighted by molar-refractivity contribution is 0.0697. The summed E-state index contributed by atoms with van der Waals surface area (Å²) >= 11 is 0. The van der Waals surface area contributed by atoms with E-state index in [1.165, 1.54) is 0 Å². The third-order valence-corrected chi connectivity index (χ3v) is 4.11. The summed E-state index contributed by atoms with van der Waals surface area (Å²) in [5, 5.41) is 9.07. The number of imidazole rings is 2. The Kier molecular flexibility index (Phi) is 2.74. The molecule has 0 unspecified atom stereocenters. The maximum absolute atomic E-state index is 11.1. The Morgan fingerprint density at radius 1 is 1.17 bits per heavy atom. The molecule has 1 aromatic carbocycles. The van der Waals surface area contributed by atoms with Crippen LogP contribution in [0.1, 0.15) is 16.2 Å². The van der Waals surface area contributed by atoms with Crippen molar-refractivity contribution in [2.24, 2.45) is 7.05 Å². The number of benzene rings is 1. The summed E-state index contributed by atoms with van der Waals surface area (Å²) in [7, 11) is 1.99. The van der Waals surface area contributed by atoms with Crippen molar-refractivity contribution < 1.29 is 9.90 Å². The number of nitrogens with zero attached hydrogens (tertiary/aromatic N) is 4. The first-order valence-electron chi connectivity index (χ1n) is 7.18. The van der Waals surface area contributed by atoms with Gasteiger partial charge in [0.15, 0.2) is 0 Å². The molecule has 6 heteroatoms. The van der Waals surface area contributed by atoms with Gasteiger partial charge >= 0.3 is 5.97 Å². The van der Waals surface area contributed by atoms with Gasteiger partial charge in [0, 0.05) is 25.0 Å². The van der Waals surface area contributed by atoms with E-state index in [4.69, 9.17) is 5.11 Å². The maximum Gasteiger partial charge on any atom is 0.335 e. The zero-order valence-corrected chi connectivity index (χ0v) is 12.7. The fourth-order valence-corrected chi connectivity index (χ4v) is 2.73. The number of aromatic carboxylic acids is 1. The lowest BCUT2D eigenvalue weighted by Crippen LogP contribution is -1.96. The van der Waals surface area contributed by atoms with Crippen LogP contribution in [0.5, 0.6) is 0 Å². The molecule has 0 spiro atoms. The Hall–Kier alpha value is -3.15. The minimum atomic E-state index is -0.956. The normalized spacial score (nSPS) is 11.4. The van der Waals surface area contributed by atoms with Gasteiger partial charge in [-0.15, -0.1) is 0 Å².